The van der Waals surface area contributed by atoms with Crippen molar-refractivity contribution in [3.8, 4) is 0 Å². The van der Waals surface area contributed by atoms with Crippen molar-refractivity contribution >= 4 is 62.6 Å². The molecule has 5 aliphatic rings. The third kappa shape index (κ3) is 7.62. The van der Waals surface area contributed by atoms with Crippen LogP contribution in [0, 0.1) is 17.3 Å². The van der Waals surface area contributed by atoms with Crippen LogP contribution in [0.5, 0.6) is 0 Å². The predicted molar refractivity (Wildman–Crippen MR) is 182 cm³/mol. The fourth-order valence-corrected chi connectivity index (χ4v) is 11.2. The van der Waals surface area contributed by atoms with Crippen LogP contribution >= 0.6 is 23.2 Å². The summed E-state index contributed by atoms with van der Waals surface area (Å²) in [7, 11) is -3.37. The Morgan fingerprint density at radius 1 is 0.958 bits per heavy atom. The van der Waals surface area contributed by atoms with E-state index in [4.69, 9.17) is 23.2 Å². The van der Waals surface area contributed by atoms with Crippen molar-refractivity contribution in [3.05, 3.63) is 0 Å². The molecule has 0 spiro atoms. The van der Waals surface area contributed by atoms with Gasteiger partial charge in [0.05, 0.1) is 22.6 Å². The number of nitrogens with one attached hydrogen (secondary N) is 4. The minimum Gasteiger partial charge on any atom is -0.347 e. The number of unbranched alkanes of at least 4 members (excludes halogenated alkanes) is 1. The largest absolute Gasteiger partial charge is 0.347 e. The topological polar surface area (TPSA) is 171 Å². The molecule has 0 radical (unpaired) electrons. The van der Waals surface area contributed by atoms with Gasteiger partial charge in [-0.15, -0.1) is 23.2 Å². The SMILES string of the molecule is CCCC[C@H](NC(=O)C1C2C(CN1C(=O)[C@@H](NC(=O)NC1(C3CCCS3(=O)=O)CCCCC1)C(C)(C)C)C2(Cl)Cl)C(=O)C(=O)NC1CC1. The first-order valence-corrected chi connectivity index (χ1v) is 20.0. The summed E-state index contributed by atoms with van der Waals surface area (Å²) in [6, 6.07) is -3.95. The average Bonchev–Trinajstić information content (AvgIpc) is 3.79. The number of likely N-dealkylation sites (tertiary alicyclic amines) is 1. The van der Waals surface area contributed by atoms with Gasteiger partial charge in [-0.1, -0.05) is 59.8 Å². The van der Waals surface area contributed by atoms with E-state index in [0.29, 0.717) is 32.1 Å². The Hall–Kier alpha value is -2.12. The Bertz CT molecular complexity index is 1410. The molecule has 3 saturated carbocycles. The molecule has 270 valence electrons. The number of fused-ring (bicyclic) bond motifs is 1. The van der Waals surface area contributed by atoms with Crippen LogP contribution < -0.4 is 21.3 Å². The van der Waals surface area contributed by atoms with Crippen molar-refractivity contribution in [2.75, 3.05) is 12.3 Å². The second-order valence-electron chi connectivity index (χ2n) is 15.7. The fourth-order valence-electron chi connectivity index (χ4n) is 8.04. The lowest BCUT2D eigenvalue weighted by atomic mass is 9.78. The molecule has 48 heavy (non-hydrogen) atoms. The van der Waals surface area contributed by atoms with E-state index in [1.54, 1.807) is 20.8 Å². The minimum absolute atomic E-state index is 0.0261. The molecule has 0 aromatic heterocycles. The van der Waals surface area contributed by atoms with Crippen molar-refractivity contribution in [1.82, 2.24) is 26.2 Å². The summed E-state index contributed by atoms with van der Waals surface area (Å²) in [4.78, 5) is 69.2. The third-order valence-corrected chi connectivity index (χ3v) is 14.4. The third-order valence-electron chi connectivity index (χ3n) is 10.9. The summed E-state index contributed by atoms with van der Waals surface area (Å²) >= 11 is 13.1. The first kappa shape index (κ1) is 37.1. The smallest absolute Gasteiger partial charge is 0.315 e. The van der Waals surface area contributed by atoms with Crippen LogP contribution in [0.4, 0.5) is 4.79 Å². The highest BCUT2D eigenvalue weighted by molar-refractivity contribution is 7.92. The van der Waals surface area contributed by atoms with Crippen molar-refractivity contribution in [1.29, 1.82) is 0 Å². The number of nitrogens with zero attached hydrogens (tertiary/aromatic N) is 1. The first-order valence-electron chi connectivity index (χ1n) is 17.6. The maximum atomic E-state index is 14.4. The van der Waals surface area contributed by atoms with E-state index in [1.165, 1.54) is 4.90 Å². The molecule has 12 nitrogen and oxygen atoms in total. The quantitative estimate of drug-likeness (QED) is 0.177. The predicted octanol–water partition coefficient (Wildman–Crippen LogP) is 3.13. The van der Waals surface area contributed by atoms with Gasteiger partial charge in [0.15, 0.2) is 9.84 Å². The molecule has 0 bridgehead atoms. The zero-order valence-corrected chi connectivity index (χ0v) is 30.7. The van der Waals surface area contributed by atoms with Gasteiger partial charge in [0.1, 0.15) is 16.4 Å². The molecule has 2 aliphatic heterocycles. The standard InChI is InChI=1S/C33H51Cl2N5O7S/c1-5-6-11-21(25(41)28(43)36-19-13-14-19)37-27(42)24-23-20(33(23,34)35)18-40(24)29(44)26(31(2,3)4)38-30(45)39-32(15-8-7-9-16-32)22-12-10-17-48(22,46)47/h19-24,26H,5-18H2,1-4H3,(H,36,43)(H,37,42)(H2,38,39,45)/t20?,21-,22?,23?,24?,26+/m0/s1. The van der Waals surface area contributed by atoms with Crippen LogP contribution in [0.2, 0.25) is 0 Å². The molecule has 4 unspecified atom stereocenters. The Morgan fingerprint density at radius 2 is 1.62 bits per heavy atom. The molecule has 3 aliphatic carbocycles. The van der Waals surface area contributed by atoms with Crippen LogP contribution in [0.15, 0.2) is 0 Å². The van der Waals surface area contributed by atoms with Crippen LogP contribution in [0.1, 0.15) is 105 Å². The zero-order chi connectivity index (χ0) is 35.2. The maximum absolute atomic E-state index is 14.4. The number of hydrogen-bond donors (Lipinski definition) is 4. The van der Waals surface area contributed by atoms with Crippen LogP contribution in [0.3, 0.4) is 0 Å². The molecule has 5 rings (SSSR count). The Morgan fingerprint density at radius 3 is 2.19 bits per heavy atom. The van der Waals surface area contributed by atoms with Gasteiger partial charge in [0.25, 0.3) is 5.91 Å². The highest BCUT2D eigenvalue weighted by Gasteiger charge is 2.74. The number of halogens is 2. The number of amides is 5. The van der Waals surface area contributed by atoms with Crippen LogP contribution in [-0.2, 0) is 29.0 Å². The monoisotopic (exact) mass is 731 g/mol. The highest BCUT2D eigenvalue weighted by Crippen LogP contribution is 2.65. The number of Topliss-reactive ketones (excluding diaryl/α,β-unsaturated/α-hetero) is 1. The number of sulfone groups is 1. The summed E-state index contributed by atoms with van der Waals surface area (Å²) in [5, 5.41) is 10.6. The maximum Gasteiger partial charge on any atom is 0.315 e. The molecule has 0 aromatic rings. The van der Waals surface area contributed by atoms with Gasteiger partial charge in [-0.05, 0) is 50.4 Å². The number of carbonyl (C=O) groups is 5. The fraction of sp³-hybridized carbons (Fsp3) is 0.848. The Balaban J connectivity index is 1.34. The van der Waals surface area contributed by atoms with E-state index in [1.807, 2.05) is 6.92 Å². The summed E-state index contributed by atoms with van der Waals surface area (Å²) in [5.41, 5.74) is -1.72. The zero-order valence-electron chi connectivity index (χ0n) is 28.4. The van der Waals surface area contributed by atoms with Crippen molar-refractivity contribution in [2.45, 2.75) is 144 Å². The summed E-state index contributed by atoms with van der Waals surface area (Å²) in [5.74, 6) is -3.50. The van der Waals surface area contributed by atoms with Crippen molar-refractivity contribution in [3.63, 3.8) is 0 Å². The number of urea groups is 1. The van der Waals surface area contributed by atoms with E-state index >= 15 is 0 Å². The molecular formula is C33H51Cl2N5O7S. The second kappa shape index (κ2) is 13.9. The normalized spacial score (nSPS) is 29.6. The van der Waals surface area contributed by atoms with Crippen molar-refractivity contribution < 1.29 is 32.4 Å². The van der Waals surface area contributed by atoms with Gasteiger partial charge in [-0.25, -0.2) is 13.2 Å². The molecular weight excluding hydrogens is 681 g/mol. The molecule has 2 heterocycles. The van der Waals surface area contributed by atoms with E-state index in [9.17, 15) is 32.4 Å². The van der Waals surface area contributed by atoms with Gasteiger partial charge in [-0.3, -0.25) is 19.2 Å². The minimum atomic E-state index is -3.37. The number of hydrogen-bond acceptors (Lipinski definition) is 7. The van der Waals surface area contributed by atoms with E-state index in [0.717, 1.165) is 38.5 Å². The van der Waals surface area contributed by atoms with Gasteiger partial charge in [0.2, 0.25) is 17.6 Å². The number of alkyl halides is 2. The van der Waals surface area contributed by atoms with E-state index < -0.39 is 89.9 Å². The summed E-state index contributed by atoms with van der Waals surface area (Å²) in [6.45, 7) is 7.40. The molecule has 2 saturated heterocycles. The highest BCUT2D eigenvalue weighted by atomic mass is 35.5. The molecule has 6 atom stereocenters. The van der Waals surface area contributed by atoms with Gasteiger partial charge >= 0.3 is 6.03 Å². The lowest BCUT2D eigenvalue weighted by Gasteiger charge is -2.43. The lowest BCUT2D eigenvalue weighted by molar-refractivity contribution is -0.144. The number of rotatable bonds is 12. The summed E-state index contributed by atoms with van der Waals surface area (Å²) in [6.07, 6.45) is 7.88. The number of piperidine rings is 1. The van der Waals surface area contributed by atoms with E-state index in [2.05, 4.69) is 21.3 Å². The lowest BCUT2D eigenvalue weighted by Crippen LogP contribution is -2.65. The van der Waals surface area contributed by atoms with Crippen LogP contribution in [0.25, 0.3) is 0 Å². The Labute approximate surface area is 293 Å². The molecule has 0 aromatic carbocycles. The summed E-state index contributed by atoms with van der Waals surface area (Å²) < 4.78 is 24.8. The second-order valence-corrected chi connectivity index (χ2v) is 19.4. The number of ketones is 1. The van der Waals surface area contributed by atoms with Gasteiger partial charge < -0.3 is 26.2 Å². The average molecular weight is 733 g/mol. The molecule has 5 fully saturated rings. The molecule has 15 heteroatoms. The molecule has 4 N–H and O–H groups in total. The van der Waals surface area contributed by atoms with E-state index in [-0.39, 0.29) is 24.8 Å². The van der Waals surface area contributed by atoms with Crippen LogP contribution in [-0.4, -0.2) is 94.4 Å². The molecule has 5 amide bonds. The van der Waals surface area contributed by atoms with Gasteiger partial charge in [0, 0.05) is 24.4 Å². The van der Waals surface area contributed by atoms with Gasteiger partial charge in [-0.2, -0.15) is 0 Å². The Kier molecular flexibility index (Phi) is 10.7. The van der Waals surface area contributed by atoms with Crippen molar-refractivity contribution in [2.24, 2.45) is 17.3 Å². The first-order chi connectivity index (χ1) is 22.4. The number of carbonyl (C=O) groups excluding carboxylic acids is 5.